The van der Waals surface area contributed by atoms with Crippen LogP contribution in [-0.2, 0) is 0 Å². The SMILES string of the molecule is CSc1ccc([C@@H]2Nc3ccccc3[C@@H]3C=CC[C@@H]32)cc1. The highest BCUT2D eigenvalue weighted by Crippen LogP contribution is 2.49. The van der Waals surface area contributed by atoms with Gasteiger partial charge in [0.2, 0.25) is 0 Å². The highest BCUT2D eigenvalue weighted by Gasteiger charge is 2.37. The second kappa shape index (κ2) is 5.27. The van der Waals surface area contributed by atoms with Gasteiger partial charge in [0.25, 0.3) is 0 Å². The van der Waals surface area contributed by atoms with Gasteiger partial charge in [0, 0.05) is 16.5 Å². The molecule has 0 spiro atoms. The summed E-state index contributed by atoms with van der Waals surface area (Å²) in [6.45, 7) is 0. The molecule has 1 N–H and O–H groups in total. The zero-order valence-corrected chi connectivity index (χ0v) is 12.9. The maximum Gasteiger partial charge on any atom is 0.0553 e. The van der Waals surface area contributed by atoms with Crippen LogP contribution < -0.4 is 5.32 Å². The Morgan fingerprint density at radius 1 is 1.05 bits per heavy atom. The van der Waals surface area contributed by atoms with Crippen LogP contribution in [0.4, 0.5) is 5.69 Å². The number of rotatable bonds is 2. The molecule has 0 bridgehead atoms. The predicted molar refractivity (Wildman–Crippen MR) is 91.0 cm³/mol. The van der Waals surface area contributed by atoms with Gasteiger partial charge in [-0.25, -0.2) is 0 Å². The predicted octanol–water partition coefficient (Wildman–Crippen LogP) is 5.24. The van der Waals surface area contributed by atoms with Gasteiger partial charge in [-0.15, -0.1) is 11.8 Å². The van der Waals surface area contributed by atoms with Crippen LogP contribution in [-0.4, -0.2) is 6.26 Å². The minimum atomic E-state index is 0.413. The second-order valence-corrected chi connectivity index (χ2v) is 6.72. The first-order chi connectivity index (χ1) is 10.4. The Labute approximate surface area is 130 Å². The Bertz CT molecular complexity index is 674. The van der Waals surface area contributed by atoms with E-state index in [1.807, 2.05) is 0 Å². The molecule has 2 aliphatic rings. The average Bonchev–Trinajstić information content (AvgIpc) is 3.04. The Hall–Kier alpha value is -1.67. The molecular formula is C19H19NS. The molecule has 0 radical (unpaired) electrons. The van der Waals surface area contributed by atoms with E-state index < -0.39 is 0 Å². The van der Waals surface area contributed by atoms with E-state index in [-0.39, 0.29) is 0 Å². The number of hydrogen-bond acceptors (Lipinski definition) is 2. The van der Waals surface area contributed by atoms with Gasteiger partial charge in [-0.2, -0.15) is 0 Å². The number of anilines is 1. The van der Waals surface area contributed by atoms with Crippen molar-refractivity contribution >= 4 is 17.4 Å². The lowest BCUT2D eigenvalue weighted by molar-refractivity contribution is 0.425. The van der Waals surface area contributed by atoms with Crippen molar-refractivity contribution in [3.8, 4) is 0 Å². The molecule has 4 rings (SSSR count). The third-order valence-corrected chi connectivity index (χ3v) is 5.49. The van der Waals surface area contributed by atoms with Gasteiger partial charge in [-0.3, -0.25) is 0 Å². The molecule has 0 amide bonds. The molecule has 2 aromatic carbocycles. The lowest BCUT2D eigenvalue weighted by Gasteiger charge is -2.37. The van der Waals surface area contributed by atoms with Crippen LogP contribution in [0.25, 0.3) is 0 Å². The molecular weight excluding hydrogens is 274 g/mol. The second-order valence-electron chi connectivity index (χ2n) is 5.84. The van der Waals surface area contributed by atoms with Crippen molar-refractivity contribution in [2.75, 3.05) is 11.6 Å². The summed E-state index contributed by atoms with van der Waals surface area (Å²) in [5, 5.41) is 3.78. The molecule has 3 atom stereocenters. The minimum absolute atomic E-state index is 0.413. The van der Waals surface area contributed by atoms with E-state index in [1.54, 1.807) is 11.8 Å². The van der Waals surface area contributed by atoms with Gasteiger partial charge >= 0.3 is 0 Å². The van der Waals surface area contributed by atoms with Gasteiger partial charge < -0.3 is 5.32 Å². The smallest absolute Gasteiger partial charge is 0.0553 e. The van der Waals surface area contributed by atoms with Crippen LogP contribution in [0.1, 0.15) is 29.5 Å². The van der Waals surface area contributed by atoms with Crippen LogP contribution in [0.5, 0.6) is 0 Å². The topological polar surface area (TPSA) is 12.0 Å². The molecule has 0 aromatic heterocycles. The van der Waals surface area contributed by atoms with Crippen LogP contribution >= 0.6 is 11.8 Å². The van der Waals surface area contributed by atoms with Crippen molar-refractivity contribution in [1.82, 2.24) is 0 Å². The van der Waals surface area contributed by atoms with Crippen molar-refractivity contribution in [3.63, 3.8) is 0 Å². The summed E-state index contributed by atoms with van der Waals surface area (Å²) < 4.78 is 0. The van der Waals surface area contributed by atoms with Gasteiger partial charge in [0.15, 0.2) is 0 Å². The van der Waals surface area contributed by atoms with Crippen molar-refractivity contribution < 1.29 is 0 Å². The van der Waals surface area contributed by atoms with E-state index in [0.717, 1.165) is 0 Å². The fourth-order valence-corrected chi connectivity index (χ4v) is 4.09. The summed E-state index contributed by atoms with van der Waals surface area (Å²) in [5.41, 5.74) is 4.15. The monoisotopic (exact) mass is 293 g/mol. The first-order valence-corrected chi connectivity index (χ1v) is 8.75. The number of thioether (sulfide) groups is 1. The molecule has 2 heteroatoms. The van der Waals surface area contributed by atoms with Gasteiger partial charge in [0.1, 0.15) is 0 Å². The Kier molecular flexibility index (Phi) is 3.27. The summed E-state index contributed by atoms with van der Waals surface area (Å²) in [5.74, 6) is 1.20. The molecule has 21 heavy (non-hydrogen) atoms. The van der Waals surface area contributed by atoms with Crippen molar-refractivity contribution in [2.24, 2.45) is 5.92 Å². The van der Waals surface area contributed by atoms with Crippen molar-refractivity contribution in [1.29, 1.82) is 0 Å². The number of allylic oxidation sites excluding steroid dienone is 2. The normalized spacial score (nSPS) is 26.0. The van der Waals surface area contributed by atoms with E-state index in [1.165, 1.54) is 28.1 Å². The fraction of sp³-hybridized carbons (Fsp3) is 0.263. The van der Waals surface area contributed by atoms with Crippen LogP contribution in [0.15, 0.2) is 65.6 Å². The number of nitrogens with one attached hydrogen (secondary N) is 1. The Morgan fingerprint density at radius 2 is 1.86 bits per heavy atom. The third kappa shape index (κ3) is 2.18. The molecule has 0 saturated heterocycles. The lowest BCUT2D eigenvalue weighted by Crippen LogP contribution is -2.28. The summed E-state index contributed by atoms with van der Waals surface area (Å²) in [6, 6.07) is 18.2. The van der Waals surface area contributed by atoms with Gasteiger partial charge in [0.05, 0.1) is 6.04 Å². The van der Waals surface area contributed by atoms with Crippen LogP contribution in [0, 0.1) is 5.92 Å². The van der Waals surface area contributed by atoms with Crippen molar-refractivity contribution in [3.05, 3.63) is 71.8 Å². The molecule has 106 valence electrons. The summed E-state index contributed by atoms with van der Waals surface area (Å²) in [7, 11) is 0. The number of para-hydroxylation sites is 1. The molecule has 1 aliphatic heterocycles. The molecule has 0 saturated carbocycles. The highest BCUT2D eigenvalue weighted by molar-refractivity contribution is 7.98. The molecule has 0 fully saturated rings. The first kappa shape index (κ1) is 13.0. The highest BCUT2D eigenvalue weighted by atomic mass is 32.2. The largest absolute Gasteiger partial charge is 0.378 e. The van der Waals surface area contributed by atoms with E-state index in [0.29, 0.717) is 17.9 Å². The summed E-state index contributed by atoms with van der Waals surface area (Å²) >= 11 is 1.80. The summed E-state index contributed by atoms with van der Waals surface area (Å²) in [6.07, 6.45) is 8.04. The van der Waals surface area contributed by atoms with Crippen LogP contribution in [0.2, 0.25) is 0 Å². The van der Waals surface area contributed by atoms with Gasteiger partial charge in [-0.1, -0.05) is 42.5 Å². The van der Waals surface area contributed by atoms with E-state index >= 15 is 0 Å². The molecule has 1 heterocycles. The number of fused-ring (bicyclic) bond motifs is 3. The van der Waals surface area contributed by atoms with Crippen molar-refractivity contribution in [2.45, 2.75) is 23.3 Å². The minimum Gasteiger partial charge on any atom is -0.378 e. The molecule has 2 aromatic rings. The summed E-state index contributed by atoms with van der Waals surface area (Å²) in [4.78, 5) is 1.33. The number of hydrogen-bond donors (Lipinski definition) is 1. The van der Waals surface area contributed by atoms with E-state index in [4.69, 9.17) is 0 Å². The zero-order valence-electron chi connectivity index (χ0n) is 12.1. The zero-order chi connectivity index (χ0) is 14.2. The molecule has 1 aliphatic carbocycles. The Morgan fingerprint density at radius 3 is 2.67 bits per heavy atom. The quantitative estimate of drug-likeness (QED) is 0.600. The van der Waals surface area contributed by atoms with Crippen LogP contribution in [0.3, 0.4) is 0 Å². The van der Waals surface area contributed by atoms with E-state index in [9.17, 15) is 0 Å². The molecule has 0 unspecified atom stereocenters. The van der Waals surface area contributed by atoms with E-state index in [2.05, 4.69) is 72.3 Å². The number of benzene rings is 2. The standard InChI is InChI=1S/C19H19NS/c1-21-14-11-9-13(10-12-14)19-17-7-4-6-15(17)16-5-2-3-8-18(16)20-19/h2-6,8-12,15,17,19-20H,7H2,1H3/t15-,17-,19-/m0/s1. The maximum atomic E-state index is 3.78. The first-order valence-electron chi connectivity index (χ1n) is 7.53. The molecule has 1 nitrogen and oxygen atoms in total. The lowest BCUT2D eigenvalue weighted by atomic mass is 9.77. The third-order valence-electron chi connectivity index (χ3n) is 4.75. The Balaban J connectivity index is 1.73. The maximum absolute atomic E-state index is 3.78. The van der Waals surface area contributed by atoms with Gasteiger partial charge in [-0.05, 0) is 47.9 Å². The fourth-order valence-electron chi connectivity index (χ4n) is 3.68. The average molecular weight is 293 g/mol.